The van der Waals surface area contributed by atoms with Crippen molar-refractivity contribution in [2.45, 2.75) is 53.0 Å². The molecule has 0 saturated heterocycles. The Kier molecular flexibility index (Phi) is 7.49. The zero-order valence-electron chi connectivity index (χ0n) is 16.9. The van der Waals surface area contributed by atoms with Gasteiger partial charge in [0.2, 0.25) is 17.8 Å². The maximum absolute atomic E-state index is 12.6. The first-order chi connectivity index (χ1) is 13.2. The minimum Gasteiger partial charge on any atom is -0.326 e. The van der Waals surface area contributed by atoms with Gasteiger partial charge in [0.1, 0.15) is 0 Å². The number of carbonyl (C=O) groups is 1. The summed E-state index contributed by atoms with van der Waals surface area (Å²) < 4.78 is 1.94. The zero-order chi connectivity index (χ0) is 20.9. The van der Waals surface area contributed by atoms with Crippen molar-refractivity contribution in [1.82, 2.24) is 14.9 Å². The van der Waals surface area contributed by atoms with E-state index in [0.29, 0.717) is 21.7 Å². The van der Waals surface area contributed by atoms with Crippen molar-refractivity contribution in [2.75, 3.05) is 5.32 Å². The van der Waals surface area contributed by atoms with Crippen molar-refractivity contribution in [2.24, 2.45) is 10.9 Å². The Morgan fingerprint density at radius 2 is 1.89 bits per heavy atom. The first kappa shape index (κ1) is 22.2. The zero-order valence-corrected chi connectivity index (χ0v) is 18.4. The van der Waals surface area contributed by atoms with E-state index < -0.39 is 0 Å². The van der Waals surface area contributed by atoms with Gasteiger partial charge in [0, 0.05) is 29.5 Å². The van der Waals surface area contributed by atoms with Crippen molar-refractivity contribution in [3.05, 3.63) is 40.6 Å². The number of guanidine groups is 1. The summed E-state index contributed by atoms with van der Waals surface area (Å²) >= 11 is 12.1. The lowest BCUT2D eigenvalue weighted by atomic mass is 10.0. The number of rotatable bonds is 5. The topological polar surface area (TPSA) is 71.3 Å². The van der Waals surface area contributed by atoms with Crippen LogP contribution in [0.25, 0.3) is 0 Å². The maximum Gasteiger partial charge on any atom is 0.233 e. The third-order valence-corrected chi connectivity index (χ3v) is 5.08. The van der Waals surface area contributed by atoms with Crippen molar-refractivity contribution in [1.29, 1.82) is 0 Å². The van der Waals surface area contributed by atoms with E-state index in [1.54, 1.807) is 24.4 Å². The van der Waals surface area contributed by atoms with E-state index in [2.05, 4.69) is 41.4 Å². The number of aliphatic imine (C=N–C) groups is 1. The molecule has 2 rings (SSSR count). The molecule has 0 spiro atoms. The van der Waals surface area contributed by atoms with Gasteiger partial charge in [-0.2, -0.15) is 4.99 Å². The van der Waals surface area contributed by atoms with Crippen LogP contribution in [0, 0.1) is 5.92 Å². The Bertz CT molecular complexity index is 851. The molecule has 1 heterocycles. The molecule has 0 aliphatic carbocycles. The van der Waals surface area contributed by atoms with E-state index in [1.807, 2.05) is 24.6 Å². The molecule has 0 bridgehead atoms. The molecular weight excluding hydrogens is 397 g/mol. The van der Waals surface area contributed by atoms with E-state index >= 15 is 0 Å². The summed E-state index contributed by atoms with van der Waals surface area (Å²) in [4.78, 5) is 21.5. The number of nitrogens with one attached hydrogen (secondary N) is 2. The number of aromatic nitrogens is 2. The minimum absolute atomic E-state index is 0.0924. The number of hydrogen-bond acceptors (Lipinski definition) is 3. The summed E-state index contributed by atoms with van der Waals surface area (Å²) in [6.45, 7) is 10.2. The summed E-state index contributed by atoms with van der Waals surface area (Å²) in [6, 6.07) is 5.13. The van der Waals surface area contributed by atoms with Gasteiger partial charge in [-0.25, -0.2) is 4.98 Å². The largest absolute Gasteiger partial charge is 0.326 e. The molecule has 0 aliphatic heterocycles. The SMILES string of the molecule is CCC(CC)C(=O)NC(=Nc1nccn1C(C)(C)C)Nc1ccc(Cl)c(Cl)c1. The van der Waals surface area contributed by atoms with Gasteiger partial charge in [0.15, 0.2) is 0 Å². The second kappa shape index (κ2) is 9.43. The van der Waals surface area contributed by atoms with Crippen molar-refractivity contribution >= 4 is 46.7 Å². The maximum atomic E-state index is 12.6. The molecule has 1 aromatic carbocycles. The molecule has 0 fully saturated rings. The Morgan fingerprint density at radius 1 is 1.21 bits per heavy atom. The van der Waals surface area contributed by atoms with Crippen LogP contribution in [0.4, 0.5) is 11.6 Å². The molecule has 0 saturated carbocycles. The lowest BCUT2D eigenvalue weighted by molar-refractivity contribution is -0.123. The van der Waals surface area contributed by atoms with Crippen LogP contribution in [0.3, 0.4) is 0 Å². The highest BCUT2D eigenvalue weighted by atomic mass is 35.5. The molecule has 2 N–H and O–H groups in total. The fourth-order valence-electron chi connectivity index (χ4n) is 2.68. The Balaban J connectivity index is 2.39. The predicted molar refractivity (Wildman–Crippen MR) is 117 cm³/mol. The van der Waals surface area contributed by atoms with Gasteiger partial charge in [-0.3, -0.25) is 10.1 Å². The van der Waals surface area contributed by atoms with E-state index in [9.17, 15) is 4.79 Å². The van der Waals surface area contributed by atoms with Crippen molar-refractivity contribution in [3.63, 3.8) is 0 Å². The summed E-state index contributed by atoms with van der Waals surface area (Å²) in [5, 5.41) is 6.87. The summed E-state index contributed by atoms with van der Waals surface area (Å²) in [5.41, 5.74) is 0.454. The summed E-state index contributed by atoms with van der Waals surface area (Å²) in [7, 11) is 0. The summed E-state index contributed by atoms with van der Waals surface area (Å²) in [6.07, 6.45) is 5.04. The van der Waals surface area contributed by atoms with Crippen LogP contribution in [0.1, 0.15) is 47.5 Å². The number of imidazole rings is 1. The van der Waals surface area contributed by atoms with Crippen LogP contribution < -0.4 is 10.6 Å². The Hall–Kier alpha value is -2.05. The predicted octanol–water partition coefficient (Wildman–Crippen LogP) is 5.60. The molecule has 1 amide bonds. The Labute approximate surface area is 176 Å². The average molecular weight is 424 g/mol. The molecule has 1 aromatic heterocycles. The monoisotopic (exact) mass is 423 g/mol. The standard InChI is InChI=1S/C20H27Cl2N5O/c1-6-13(7-2)17(28)25-18(24-14-8-9-15(21)16(22)12-14)26-19-23-10-11-27(19)20(3,4)5/h8-13H,6-7H2,1-5H3,(H2,23,24,25,26,28). The highest BCUT2D eigenvalue weighted by Crippen LogP contribution is 2.26. The van der Waals surface area contributed by atoms with Gasteiger partial charge in [0.05, 0.1) is 10.0 Å². The van der Waals surface area contributed by atoms with Gasteiger partial charge in [-0.05, 0) is 51.8 Å². The minimum atomic E-state index is -0.205. The normalized spacial score (nSPS) is 12.4. The fourth-order valence-corrected chi connectivity index (χ4v) is 2.98. The quantitative estimate of drug-likeness (QED) is 0.485. The average Bonchev–Trinajstić information content (AvgIpc) is 3.07. The number of carbonyl (C=O) groups excluding carboxylic acids is 1. The van der Waals surface area contributed by atoms with Gasteiger partial charge in [0.25, 0.3) is 0 Å². The van der Waals surface area contributed by atoms with Gasteiger partial charge in [-0.15, -0.1) is 0 Å². The second-order valence-corrected chi connectivity index (χ2v) is 8.30. The molecule has 2 aromatic rings. The van der Waals surface area contributed by atoms with E-state index in [-0.39, 0.29) is 23.3 Å². The first-order valence-electron chi connectivity index (χ1n) is 9.31. The van der Waals surface area contributed by atoms with Crippen molar-refractivity contribution in [3.8, 4) is 0 Å². The molecule has 0 unspecified atom stereocenters. The van der Waals surface area contributed by atoms with E-state index in [1.165, 1.54) is 0 Å². The number of benzene rings is 1. The highest BCUT2D eigenvalue weighted by Gasteiger charge is 2.19. The van der Waals surface area contributed by atoms with Crippen LogP contribution in [0.5, 0.6) is 0 Å². The van der Waals surface area contributed by atoms with Crippen LogP contribution >= 0.6 is 23.2 Å². The van der Waals surface area contributed by atoms with Crippen molar-refractivity contribution < 1.29 is 4.79 Å². The van der Waals surface area contributed by atoms with Gasteiger partial charge >= 0.3 is 0 Å². The summed E-state index contributed by atoms with van der Waals surface area (Å²) in [5.74, 6) is 0.584. The molecule has 0 atom stereocenters. The molecule has 0 aliphatic rings. The number of hydrogen-bond donors (Lipinski definition) is 2. The highest BCUT2D eigenvalue weighted by molar-refractivity contribution is 6.42. The lowest BCUT2D eigenvalue weighted by Crippen LogP contribution is -2.39. The van der Waals surface area contributed by atoms with E-state index in [4.69, 9.17) is 23.2 Å². The van der Waals surface area contributed by atoms with Crippen LogP contribution in [0.15, 0.2) is 35.6 Å². The third kappa shape index (κ3) is 5.72. The first-order valence-corrected chi connectivity index (χ1v) is 10.1. The molecule has 6 nitrogen and oxygen atoms in total. The molecule has 8 heteroatoms. The molecule has 28 heavy (non-hydrogen) atoms. The molecular formula is C20H27Cl2N5O. The fraction of sp³-hybridized carbons (Fsp3) is 0.450. The van der Waals surface area contributed by atoms with Gasteiger partial charge < -0.3 is 9.88 Å². The van der Waals surface area contributed by atoms with Crippen LogP contribution in [-0.2, 0) is 10.3 Å². The lowest BCUT2D eigenvalue weighted by Gasteiger charge is -2.22. The van der Waals surface area contributed by atoms with Crippen LogP contribution in [-0.4, -0.2) is 21.4 Å². The van der Waals surface area contributed by atoms with E-state index in [0.717, 1.165) is 12.8 Å². The Morgan fingerprint density at radius 3 is 2.46 bits per heavy atom. The number of amides is 1. The van der Waals surface area contributed by atoms with Gasteiger partial charge in [-0.1, -0.05) is 37.0 Å². The van der Waals surface area contributed by atoms with Crippen LogP contribution in [0.2, 0.25) is 10.0 Å². The second-order valence-electron chi connectivity index (χ2n) is 7.49. The molecule has 0 radical (unpaired) electrons. The smallest absolute Gasteiger partial charge is 0.233 e. The molecule has 152 valence electrons. The number of anilines is 1. The number of nitrogens with zero attached hydrogens (tertiary/aromatic N) is 3. The number of halogens is 2. The third-order valence-electron chi connectivity index (χ3n) is 4.34.